The predicted molar refractivity (Wildman–Crippen MR) is 68.8 cm³/mol. The molecule has 1 rings (SSSR count). The highest BCUT2D eigenvalue weighted by atomic mass is 28.4. The number of ketones is 1. The summed E-state index contributed by atoms with van der Waals surface area (Å²) in [5.41, 5.74) is 2.37. The molecule has 0 amide bonds. The molecule has 0 radical (unpaired) electrons. The largest absolute Gasteiger partial charge is 0.396 e. The molecule has 10 heteroatoms. The zero-order chi connectivity index (χ0) is 17.2. The maximum atomic E-state index is 13.6. The zero-order valence-corrected chi connectivity index (χ0v) is 13.0. The minimum Gasteiger partial charge on any atom is -0.396 e. The Morgan fingerprint density at radius 3 is 1.68 bits per heavy atom. The third kappa shape index (κ3) is 2.78. The van der Waals surface area contributed by atoms with E-state index in [0.717, 1.165) is 0 Å². The van der Waals surface area contributed by atoms with Crippen LogP contribution in [0.15, 0.2) is 0 Å². The van der Waals surface area contributed by atoms with E-state index in [1.807, 2.05) is 0 Å². The fourth-order valence-electron chi connectivity index (χ4n) is 2.02. The molecule has 0 fully saturated rings. The Hall–Kier alpha value is -1.36. The van der Waals surface area contributed by atoms with E-state index in [0.29, 0.717) is 0 Å². The summed E-state index contributed by atoms with van der Waals surface area (Å²) in [4.78, 5) is 12.1. The minimum absolute atomic E-state index is 0.127. The van der Waals surface area contributed by atoms with Gasteiger partial charge in [-0.05, 0) is 6.04 Å². The van der Waals surface area contributed by atoms with Crippen molar-refractivity contribution in [3.05, 3.63) is 34.6 Å². The van der Waals surface area contributed by atoms with Crippen molar-refractivity contribution in [2.45, 2.75) is 18.6 Å². The summed E-state index contributed by atoms with van der Waals surface area (Å²) >= 11 is 0. The van der Waals surface area contributed by atoms with Crippen LogP contribution in [0.1, 0.15) is 17.3 Å². The Balaban J connectivity index is 3.47. The minimum atomic E-state index is -3.40. The second-order valence-corrected chi connectivity index (χ2v) is 8.13. The van der Waals surface area contributed by atoms with E-state index in [1.165, 1.54) is 14.2 Å². The fourth-order valence-corrected chi connectivity index (χ4v) is 4.26. The standard InChI is InChI=1S/C12H14F5NO3Si/c1-4-22(20-2,21-3)12(18)11(19)5-6(13)8(15)10(17)9(16)7(5)14/h12H,4,18H2,1-3H3. The van der Waals surface area contributed by atoms with Crippen molar-refractivity contribution in [1.82, 2.24) is 0 Å². The molecule has 1 aromatic carbocycles. The third-order valence-corrected chi connectivity index (χ3v) is 6.97. The first-order valence-electron chi connectivity index (χ1n) is 6.10. The highest BCUT2D eigenvalue weighted by Crippen LogP contribution is 2.26. The van der Waals surface area contributed by atoms with Crippen LogP contribution in [-0.4, -0.2) is 34.2 Å². The molecular weight excluding hydrogens is 329 g/mol. The van der Waals surface area contributed by atoms with Crippen molar-refractivity contribution in [3.63, 3.8) is 0 Å². The van der Waals surface area contributed by atoms with Gasteiger partial charge in [-0.25, -0.2) is 22.0 Å². The highest BCUT2D eigenvalue weighted by molar-refractivity contribution is 6.73. The van der Waals surface area contributed by atoms with Crippen LogP contribution in [0.25, 0.3) is 0 Å². The van der Waals surface area contributed by atoms with Gasteiger partial charge in [-0.3, -0.25) is 4.79 Å². The number of Topliss-reactive ketones (excluding diaryl/α,β-unsaturated/α-hetero) is 1. The molecule has 1 unspecified atom stereocenters. The number of benzene rings is 1. The highest BCUT2D eigenvalue weighted by Gasteiger charge is 2.47. The maximum Gasteiger partial charge on any atom is 0.362 e. The van der Waals surface area contributed by atoms with Crippen molar-refractivity contribution in [2.75, 3.05) is 14.2 Å². The van der Waals surface area contributed by atoms with Gasteiger partial charge in [0.1, 0.15) is 5.67 Å². The monoisotopic (exact) mass is 343 g/mol. The molecule has 0 aliphatic rings. The number of carbonyl (C=O) groups is 1. The molecule has 2 N–H and O–H groups in total. The molecule has 0 aliphatic heterocycles. The summed E-state index contributed by atoms with van der Waals surface area (Å²) in [7, 11) is -1.03. The molecule has 124 valence electrons. The summed E-state index contributed by atoms with van der Waals surface area (Å²) in [5, 5.41) is 0. The summed E-state index contributed by atoms with van der Waals surface area (Å²) in [5.74, 6) is -12.7. The number of carbonyl (C=O) groups excluding carboxylic acids is 1. The fraction of sp³-hybridized carbons (Fsp3) is 0.417. The van der Waals surface area contributed by atoms with Crippen LogP contribution < -0.4 is 5.73 Å². The molecule has 4 nitrogen and oxygen atoms in total. The Morgan fingerprint density at radius 2 is 1.36 bits per heavy atom. The average Bonchev–Trinajstić information content (AvgIpc) is 2.53. The van der Waals surface area contributed by atoms with E-state index in [4.69, 9.17) is 14.6 Å². The number of nitrogens with two attached hydrogens (primary N) is 1. The SMILES string of the molecule is CC[Si](OC)(OC)C(N)C(=O)c1c(F)c(F)c(F)c(F)c1F. The van der Waals surface area contributed by atoms with E-state index in [2.05, 4.69) is 0 Å². The quantitative estimate of drug-likeness (QED) is 0.283. The lowest BCUT2D eigenvalue weighted by Crippen LogP contribution is -2.60. The predicted octanol–water partition coefficient (Wildman–Crippen LogP) is 2.19. The first kappa shape index (κ1) is 18.7. The number of rotatable bonds is 6. The molecule has 0 heterocycles. The van der Waals surface area contributed by atoms with Crippen molar-refractivity contribution in [3.8, 4) is 0 Å². The van der Waals surface area contributed by atoms with Gasteiger partial charge in [-0.2, -0.15) is 0 Å². The number of hydrogen-bond donors (Lipinski definition) is 1. The molecular formula is C12H14F5NO3Si. The lowest BCUT2D eigenvalue weighted by molar-refractivity contribution is 0.0948. The van der Waals surface area contributed by atoms with Crippen molar-refractivity contribution < 1.29 is 35.6 Å². The molecule has 0 saturated heterocycles. The van der Waals surface area contributed by atoms with Gasteiger partial charge in [-0.1, -0.05) is 6.92 Å². The van der Waals surface area contributed by atoms with Gasteiger partial charge in [0.15, 0.2) is 29.1 Å². The van der Waals surface area contributed by atoms with E-state index >= 15 is 0 Å². The number of hydrogen-bond acceptors (Lipinski definition) is 4. The maximum absolute atomic E-state index is 13.6. The third-order valence-electron chi connectivity index (χ3n) is 3.40. The first-order valence-corrected chi connectivity index (χ1v) is 8.20. The molecule has 0 aromatic heterocycles. The van der Waals surface area contributed by atoms with Crippen molar-refractivity contribution >= 4 is 14.3 Å². The van der Waals surface area contributed by atoms with Crippen LogP contribution >= 0.6 is 0 Å². The van der Waals surface area contributed by atoms with E-state index < -0.39 is 54.7 Å². The van der Waals surface area contributed by atoms with E-state index in [-0.39, 0.29) is 6.04 Å². The van der Waals surface area contributed by atoms with Crippen LogP contribution in [0.5, 0.6) is 0 Å². The van der Waals surface area contributed by atoms with Crippen molar-refractivity contribution in [2.24, 2.45) is 5.73 Å². The molecule has 1 atom stereocenters. The molecule has 22 heavy (non-hydrogen) atoms. The normalized spacial score (nSPS) is 13.3. The molecule has 0 bridgehead atoms. The smallest absolute Gasteiger partial charge is 0.362 e. The molecule has 0 saturated carbocycles. The molecule has 0 aliphatic carbocycles. The van der Waals surface area contributed by atoms with Crippen LogP contribution in [0.2, 0.25) is 6.04 Å². The second kappa shape index (κ2) is 6.81. The van der Waals surface area contributed by atoms with Gasteiger partial charge in [0.2, 0.25) is 5.82 Å². The number of halogens is 5. The first-order chi connectivity index (χ1) is 10.2. The Kier molecular flexibility index (Phi) is 5.79. The summed E-state index contributed by atoms with van der Waals surface area (Å²) in [6.45, 7) is 1.56. The van der Waals surface area contributed by atoms with Crippen LogP contribution in [0.4, 0.5) is 22.0 Å². The Labute approximate surface area is 124 Å². The van der Waals surface area contributed by atoms with E-state index in [1.54, 1.807) is 6.92 Å². The van der Waals surface area contributed by atoms with Crippen molar-refractivity contribution in [1.29, 1.82) is 0 Å². The summed E-state index contributed by atoms with van der Waals surface area (Å²) < 4.78 is 76.7. The van der Waals surface area contributed by atoms with Crippen LogP contribution in [0.3, 0.4) is 0 Å². The van der Waals surface area contributed by atoms with E-state index in [9.17, 15) is 26.7 Å². The van der Waals surface area contributed by atoms with Gasteiger partial charge >= 0.3 is 8.56 Å². The zero-order valence-electron chi connectivity index (χ0n) is 12.0. The topological polar surface area (TPSA) is 61.6 Å². The summed E-state index contributed by atoms with van der Waals surface area (Å²) in [6, 6.07) is 0.127. The lowest BCUT2D eigenvalue weighted by atomic mass is 10.1. The van der Waals surface area contributed by atoms with Gasteiger partial charge in [0.25, 0.3) is 0 Å². The Morgan fingerprint density at radius 1 is 1.00 bits per heavy atom. The van der Waals surface area contributed by atoms with Gasteiger partial charge in [0.05, 0.1) is 5.56 Å². The molecule has 1 aromatic rings. The van der Waals surface area contributed by atoms with Gasteiger partial charge < -0.3 is 14.6 Å². The van der Waals surface area contributed by atoms with Gasteiger partial charge in [-0.15, -0.1) is 0 Å². The second-order valence-electron chi connectivity index (χ2n) is 4.36. The molecule has 0 spiro atoms. The lowest BCUT2D eigenvalue weighted by Gasteiger charge is -2.30. The Bertz CT molecular complexity index is 557. The van der Waals surface area contributed by atoms with Crippen LogP contribution in [-0.2, 0) is 8.85 Å². The van der Waals surface area contributed by atoms with Crippen LogP contribution in [0, 0.1) is 29.1 Å². The van der Waals surface area contributed by atoms with Gasteiger partial charge in [0, 0.05) is 14.2 Å². The summed E-state index contributed by atoms with van der Waals surface area (Å²) in [6.07, 6.45) is 0. The average molecular weight is 343 g/mol.